The zero-order chi connectivity index (χ0) is 13.8. The quantitative estimate of drug-likeness (QED) is 0.864. The Bertz CT molecular complexity index is 570. The molecule has 0 amide bonds. The molecule has 0 aliphatic rings. The van der Waals surface area contributed by atoms with Crippen molar-refractivity contribution < 1.29 is 18.3 Å². The summed E-state index contributed by atoms with van der Waals surface area (Å²) in [6.07, 6.45) is 0. The molecule has 0 aliphatic carbocycles. The molecule has 2 aromatic rings. The van der Waals surface area contributed by atoms with E-state index in [1.54, 1.807) is 31.4 Å². The molecule has 0 bridgehead atoms. The third-order valence-corrected chi connectivity index (χ3v) is 2.61. The molecule has 0 saturated heterocycles. The Morgan fingerprint density at radius 3 is 2.42 bits per heavy atom. The molecule has 5 heteroatoms. The molecular weight excluding hydrogens is 252 g/mol. The number of hydrogen-bond acceptors (Lipinski definition) is 3. The van der Waals surface area contributed by atoms with Gasteiger partial charge in [-0.2, -0.15) is 0 Å². The first-order valence-electron chi connectivity index (χ1n) is 5.60. The molecule has 19 heavy (non-hydrogen) atoms. The standard InChI is InChI=1S/C14H13F2NO2/c1-18-11-4-2-9(3-5-11)8-19-13-7-10(15)6-12(16)14(13)17/h2-7H,8,17H2,1H3. The molecule has 100 valence electrons. The lowest BCUT2D eigenvalue weighted by atomic mass is 10.2. The molecule has 3 nitrogen and oxygen atoms in total. The van der Waals surface area contributed by atoms with Gasteiger partial charge in [0, 0.05) is 12.1 Å². The predicted octanol–water partition coefficient (Wildman–Crippen LogP) is 3.13. The largest absolute Gasteiger partial charge is 0.497 e. The fourth-order valence-corrected chi connectivity index (χ4v) is 1.56. The molecule has 0 unspecified atom stereocenters. The van der Waals surface area contributed by atoms with Crippen LogP contribution in [0.25, 0.3) is 0 Å². The maximum atomic E-state index is 13.2. The molecule has 0 aromatic heterocycles. The summed E-state index contributed by atoms with van der Waals surface area (Å²) in [7, 11) is 1.57. The highest BCUT2D eigenvalue weighted by Crippen LogP contribution is 2.26. The lowest BCUT2D eigenvalue weighted by Crippen LogP contribution is -2.01. The molecule has 0 saturated carbocycles. The van der Waals surface area contributed by atoms with Gasteiger partial charge in [0.25, 0.3) is 0 Å². The average Bonchev–Trinajstić information content (AvgIpc) is 2.41. The first-order valence-corrected chi connectivity index (χ1v) is 5.60. The number of anilines is 1. The Morgan fingerprint density at radius 2 is 1.79 bits per heavy atom. The van der Waals surface area contributed by atoms with Gasteiger partial charge in [0.15, 0.2) is 5.82 Å². The highest BCUT2D eigenvalue weighted by Gasteiger charge is 2.09. The van der Waals surface area contributed by atoms with Crippen molar-refractivity contribution in [1.82, 2.24) is 0 Å². The number of nitrogens with two attached hydrogens (primary N) is 1. The van der Waals surface area contributed by atoms with Crippen molar-refractivity contribution in [2.24, 2.45) is 0 Å². The lowest BCUT2D eigenvalue weighted by molar-refractivity contribution is 0.304. The highest BCUT2D eigenvalue weighted by atomic mass is 19.1. The smallest absolute Gasteiger partial charge is 0.152 e. The minimum Gasteiger partial charge on any atom is -0.497 e. The van der Waals surface area contributed by atoms with Gasteiger partial charge in [-0.05, 0) is 17.7 Å². The van der Waals surface area contributed by atoms with Crippen LogP contribution in [-0.2, 0) is 6.61 Å². The molecule has 0 aliphatic heterocycles. The molecule has 2 aromatic carbocycles. The maximum absolute atomic E-state index is 13.2. The number of ether oxygens (including phenoxy) is 2. The van der Waals surface area contributed by atoms with Crippen LogP contribution in [0.5, 0.6) is 11.5 Å². The molecule has 0 fully saturated rings. The van der Waals surface area contributed by atoms with E-state index in [1.807, 2.05) is 0 Å². The van der Waals surface area contributed by atoms with Crippen LogP contribution in [-0.4, -0.2) is 7.11 Å². The number of hydrogen-bond donors (Lipinski definition) is 1. The van der Waals surface area contributed by atoms with Gasteiger partial charge in [-0.25, -0.2) is 8.78 Å². The first kappa shape index (κ1) is 13.1. The Hall–Kier alpha value is -2.30. The molecule has 2 rings (SSSR count). The summed E-state index contributed by atoms with van der Waals surface area (Å²) in [6.45, 7) is 0.164. The van der Waals surface area contributed by atoms with Crippen LogP contribution in [0, 0.1) is 11.6 Å². The van der Waals surface area contributed by atoms with Crippen molar-refractivity contribution in [3.63, 3.8) is 0 Å². The van der Waals surface area contributed by atoms with Gasteiger partial charge in [-0.1, -0.05) is 12.1 Å². The third kappa shape index (κ3) is 3.13. The van der Waals surface area contributed by atoms with Gasteiger partial charge >= 0.3 is 0 Å². The van der Waals surface area contributed by atoms with Crippen LogP contribution in [0.2, 0.25) is 0 Å². The van der Waals surface area contributed by atoms with Crippen molar-refractivity contribution in [2.45, 2.75) is 6.61 Å². The first-order chi connectivity index (χ1) is 9.10. The summed E-state index contributed by atoms with van der Waals surface area (Å²) in [4.78, 5) is 0. The van der Waals surface area contributed by atoms with Gasteiger partial charge < -0.3 is 15.2 Å². The van der Waals surface area contributed by atoms with Crippen molar-refractivity contribution in [3.8, 4) is 11.5 Å². The Morgan fingerprint density at radius 1 is 1.11 bits per heavy atom. The minimum atomic E-state index is -0.829. The van der Waals surface area contributed by atoms with Crippen molar-refractivity contribution >= 4 is 5.69 Å². The fraction of sp³-hybridized carbons (Fsp3) is 0.143. The van der Waals surface area contributed by atoms with E-state index in [2.05, 4.69) is 0 Å². The Balaban J connectivity index is 2.09. The van der Waals surface area contributed by atoms with E-state index in [9.17, 15) is 8.78 Å². The SMILES string of the molecule is COc1ccc(COc2cc(F)cc(F)c2N)cc1. The van der Waals surface area contributed by atoms with E-state index in [-0.39, 0.29) is 18.0 Å². The van der Waals surface area contributed by atoms with Crippen LogP contribution in [0.15, 0.2) is 36.4 Å². The summed E-state index contributed by atoms with van der Waals surface area (Å²) >= 11 is 0. The average molecular weight is 265 g/mol. The summed E-state index contributed by atoms with van der Waals surface area (Å²) in [6, 6.07) is 8.91. The summed E-state index contributed by atoms with van der Waals surface area (Å²) < 4.78 is 36.6. The van der Waals surface area contributed by atoms with Crippen LogP contribution >= 0.6 is 0 Å². The molecule has 0 spiro atoms. The van der Waals surface area contributed by atoms with Gasteiger partial charge in [-0.15, -0.1) is 0 Å². The Kier molecular flexibility index (Phi) is 3.85. The molecule has 0 radical (unpaired) electrons. The van der Waals surface area contributed by atoms with Crippen LogP contribution < -0.4 is 15.2 Å². The van der Waals surface area contributed by atoms with E-state index in [1.165, 1.54) is 0 Å². The van der Waals surface area contributed by atoms with Crippen LogP contribution in [0.4, 0.5) is 14.5 Å². The van der Waals surface area contributed by atoms with Gasteiger partial charge in [0.05, 0.1) is 7.11 Å². The summed E-state index contributed by atoms with van der Waals surface area (Å²) in [5, 5.41) is 0. The van der Waals surface area contributed by atoms with Crippen LogP contribution in [0.1, 0.15) is 5.56 Å². The number of nitrogen functional groups attached to an aromatic ring is 1. The molecule has 0 heterocycles. The summed E-state index contributed by atoms with van der Waals surface area (Å²) in [5.74, 6) is -0.838. The molecule has 2 N–H and O–H groups in total. The zero-order valence-corrected chi connectivity index (χ0v) is 10.3. The second-order valence-electron chi connectivity index (χ2n) is 3.94. The second kappa shape index (κ2) is 5.56. The zero-order valence-electron chi connectivity index (χ0n) is 10.3. The van der Waals surface area contributed by atoms with Gasteiger partial charge in [0.2, 0.25) is 0 Å². The third-order valence-electron chi connectivity index (χ3n) is 2.61. The van der Waals surface area contributed by atoms with Gasteiger partial charge in [-0.3, -0.25) is 0 Å². The number of rotatable bonds is 4. The highest BCUT2D eigenvalue weighted by molar-refractivity contribution is 5.53. The van der Waals surface area contributed by atoms with E-state index >= 15 is 0 Å². The summed E-state index contributed by atoms with van der Waals surface area (Å²) in [5.41, 5.74) is 6.11. The number of methoxy groups -OCH3 is 1. The lowest BCUT2D eigenvalue weighted by Gasteiger charge is -2.10. The van der Waals surface area contributed by atoms with Gasteiger partial charge in [0.1, 0.15) is 29.6 Å². The van der Waals surface area contributed by atoms with E-state index in [4.69, 9.17) is 15.2 Å². The molecule has 0 atom stereocenters. The number of benzene rings is 2. The second-order valence-corrected chi connectivity index (χ2v) is 3.94. The normalized spacial score (nSPS) is 10.3. The van der Waals surface area contributed by atoms with Crippen molar-refractivity contribution in [2.75, 3.05) is 12.8 Å². The topological polar surface area (TPSA) is 44.5 Å². The predicted molar refractivity (Wildman–Crippen MR) is 68.1 cm³/mol. The van der Waals surface area contributed by atoms with E-state index < -0.39 is 11.6 Å². The minimum absolute atomic E-state index is 0.00619. The monoisotopic (exact) mass is 265 g/mol. The Labute approximate surface area is 109 Å². The van der Waals surface area contributed by atoms with Crippen LogP contribution in [0.3, 0.4) is 0 Å². The van der Waals surface area contributed by atoms with Crippen molar-refractivity contribution in [1.29, 1.82) is 0 Å². The number of halogens is 2. The van der Waals surface area contributed by atoms with Crippen molar-refractivity contribution in [3.05, 3.63) is 53.6 Å². The molecular formula is C14H13F2NO2. The fourth-order valence-electron chi connectivity index (χ4n) is 1.56. The maximum Gasteiger partial charge on any atom is 0.152 e. The van der Waals surface area contributed by atoms with E-state index in [0.717, 1.165) is 23.4 Å². The van der Waals surface area contributed by atoms with E-state index in [0.29, 0.717) is 0 Å².